The van der Waals surface area contributed by atoms with Crippen LogP contribution in [-0.2, 0) is 20.6 Å². The van der Waals surface area contributed by atoms with Gasteiger partial charge in [0.25, 0.3) is 5.56 Å². The van der Waals surface area contributed by atoms with E-state index in [0.717, 1.165) is 12.8 Å². The van der Waals surface area contributed by atoms with Crippen molar-refractivity contribution in [1.29, 1.82) is 5.26 Å². The zero-order valence-electron chi connectivity index (χ0n) is 12.5. The molecule has 0 saturated heterocycles. The van der Waals surface area contributed by atoms with Crippen LogP contribution in [0.2, 0.25) is 0 Å². The molecule has 0 radical (unpaired) electrons. The minimum Gasteiger partial charge on any atom is -0.328 e. The Balaban J connectivity index is 2.28. The van der Waals surface area contributed by atoms with E-state index in [1.165, 1.54) is 15.5 Å². The molecule has 112 valence electrons. The summed E-state index contributed by atoms with van der Waals surface area (Å²) in [5, 5.41) is 8.73. The average Bonchev–Trinajstić information content (AvgIpc) is 2.86. The molecule has 0 bridgehead atoms. The molecule has 0 aromatic carbocycles. The summed E-state index contributed by atoms with van der Waals surface area (Å²) in [4.78, 5) is 28.7. The van der Waals surface area contributed by atoms with Crippen molar-refractivity contribution < 1.29 is 0 Å². The van der Waals surface area contributed by atoms with Crippen LogP contribution in [-0.4, -0.2) is 18.7 Å². The Bertz CT molecular complexity index is 806. The van der Waals surface area contributed by atoms with Crippen molar-refractivity contribution in [2.75, 3.05) is 0 Å². The van der Waals surface area contributed by atoms with Crippen LogP contribution in [0.3, 0.4) is 0 Å². The molecule has 0 spiro atoms. The molecule has 2 aromatic rings. The number of nitrogens with zero attached hydrogens (tertiary/aromatic N) is 5. The number of imidazole rings is 1. The second-order valence-corrected chi connectivity index (χ2v) is 5.35. The van der Waals surface area contributed by atoms with Crippen LogP contribution in [0.5, 0.6) is 0 Å². The lowest BCUT2D eigenvalue weighted by molar-refractivity contribution is 0.515. The molecular weight excluding hydrogens is 270 g/mol. The Labute approximate surface area is 122 Å². The van der Waals surface area contributed by atoms with E-state index < -0.39 is 0 Å². The van der Waals surface area contributed by atoms with Gasteiger partial charge in [0.1, 0.15) is 0 Å². The highest BCUT2D eigenvalue weighted by molar-refractivity contribution is 5.69. The highest BCUT2D eigenvalue weighted by Crippen LogP contribution is 2.07. The first-order valence-corrected chi connectivity index (χ1v) is 6.97. The molecule has 2 aromatic heterocycles. The molecule has 0 aliphatic heterocycles. The molecule has 1 atom stereocenters. The van der Waals surface area contributed by atoms with E-state index in [4.69, 9.17) is 5.26 Å². The van der Waals surface area contributed by atoms with E-state index in [1.54, 1.807) is 18.7 Å². The van der Waals surface area contributed by atoms with Crippen LogP contribution in [0.1, 0.15) is 26.2 Å². The van der Waals surface area contributed by atoms with Gasteiger partial charge in [0.15, 0.2) is 11.2 Å². The van der Waals surface area contributed by atoms with Crippen LogP contribution in [0.25, 0.3) is 11.2 Å². The Morgan fingerprint density at radius 2 is 2.05 bits per heavy atom. The van der Waals surface area contributed by atoms with E-state index in [0.29, 0.717) is 24.1 Å². The van der Waals surface area contributed by atoms with E-state index in [9.17, 15) is 9.59 Å². The average molecular weight is 289 g/mol. The van der Waals surface area contributed by atoms with E-state index in [-0.39, 0.29) is 17.2 Å². The van der Waals surface area contributed by atoms with Gasteiger partial charge in [-0.15, -0.1) is 0 Å². The maximum Gasteiger partial charge on any atom is 0.332 e. The van der Waals surface area contributed by atoms with Crippen molar-refractivity contribution in [3.8, 4) is 6.07 Å². The zero-order chi connectivity index (χ0) is 15.6. The number of rotatable bonds is 5. The van der Waals surface area contributed by atoms with Crippen molar-refractivity contribution >= 4 is 11.2 Å². The van der Waals surface area contributed by atoms with Gasteiger partial charge in [-0.2, -0.15) is 5.26 Å². The van der Waals surface area contributed by atoms with Gasteiger partial charge in [-0.1, -0.05) is 6.42 Å². The Morgan fingerprint density at radius 3 is 2.71 bits per heavy atom. The highest BCUT2D eigenvalue weighted by Gasteiger charge is 2.14. The summed E-state index contributed by atoms with van der Waals surface area (Å²) in [5.74, 6) is 0.00380. The fourth-order valence-corrected chi connectivity index (χ4v) is 2.38. The van der Waals surface area contributed by atoms with Gasteiger partial charge in [0, 0.05) is 26.6 Å². The van der Waals surface area contributed by atoms with Gasteiger partial charge in [0.05, 0.1) is 12.4 Å². The van der Waals surface area contributed by atoms with E-state index in [1.807, 2.05) is 6.92 Å². The van der Waals surface area contributed by atoms with Gasteiger partial charge >= 0.3 is 5.69 Å². The van der Waals surface area contributed by atoms with Crippen molar-refractivity contribution in [2.45, 2.75) is 32.7 Å². The van der Waals surface area contributed by atoms with Gasteiger partial charge < -0.3 is 4.57 Å². The zero-order valence-corrected chi connectivity index (χ0v) is 12.5. The van der Waals surface area contributed by atoms with Crippen molar-refractivity contribution in [3.05, 3.63) is 27.2 Å². The number of aryl methyl sites for hydroxylation is 2. The molecule has 7 heteroatoms. The third-order valence-electron chi connectivity index (χ3n) is 3.69. The predicted molar refractivity (Wildman–Crippen MR) is 78.8 cm³/mol. The molecule has 0 aliphatic rings. The smallest absolute Gasteiger partial charge is 0.328 e. The van der Waals surface area contributed by atoms with Crippen molar-refractivity contribution in [1.82, 2.24) is 18.7 Å². The van der Waals surface area contributed by atoms with Crippen molar-refractivity contribution in [2.24, 2.45) is 20.0 Å². The molecule has 0 saturated carbocycles. The lowest BCUT2D eigenvalue weighted by Crippen LogP contribution is -2.39. The first-order valence-electron chi connectivity index (χ1n) is 6.97. The first-order chi connectivity index (χ1) is 9.97. The predicted octanol–water partition coefficient (Wildman–Crippen LogP) is 0.764. The van der Waals surface area contributed by atoms with Gasteiger partial charge in [-0.25, -0.2) is 9.78 Å². The maximum absolute atomic E-state index is 12.4. The monoisotopic (exact) mass is 289 g/mol. The molecular formula is C14H19N5O2. The molecule has 7 nitrogen and oxygen atoms in total. The summed E-state index contributed by atoms with van der Waals surface area (Å²) in [7, 11) is 3.35. The normalized spacial score (nSPS) is 12.5. The van der Waals surface area contributed by atoms with E-state index >= 15 is 0 Å². The first kappa shape index (κ1) is 15.0. The molecule has 21 heavy (non-hydrogen) atoms. The quantitative estimate of drug-likeness (QED) is 0.761. The van der Waals surface area contributed by atoms with Crippen LogP contribution in [0.15, 0.2) is 15.9 Å². The molecule has 0 unspecified atom stereocenters. The summed E-state index contributed by atoms with van der Waals surface area (Å²) in [6, 6.07) is 2.18. The Kier molecular flexibility index (Phi) is 4.26. The number of fused-ring (bicyclic) bond motifs is 1. The molecule has 0 amide bonds. The number of nitriles is 1. The third-order valence-corrected chi connectivity index (χ3v) is 3.69. The minimum atomic E-state index is -0.348. The Hall–Kier alpha value is -2.36. The Morgan fingerprint density at radius 1 is 1.33 bits per heavy atom. The molecule has 0 fully saturated rings. The topological polar surface area (TPSA) is 85.6 Å². The van der Waals surface area contributed by atoms with Crippen LogP contribution >= 0.6 is 0 Å². The molecule has 0 N–H and O–H groups in total. The fourth-order valence-electron chi connectivity index (χ4n) is 2.38. The van der Waals surface area contributed by atoms with Crippen molar-refractivity contribution in [3.63, 3.8) is 0 Å². The molecule has 2 heterocycles. The third kappa shape index (κ3) is 2.75. The van der Waals surface area contributed by atoms with Crippen LogP contribution in [0.4, 0.5) is 0 Å². The summed E-state index contributed by atoms with van der Waals surface area (Å²) >= 11 is 0. The second-order valence-electron chi connectivity index (χ2n) is 5.35. The summed E-state index contributed by atoms with van der Waals surface area (Å²) in [6.07, 6.45) is 3.82. The largest absolute Gasteiger partial charge is 0.332 e. The summed E-state index contributed by atoms with van der Waals surface area (Å²) < 4.78 is 4.28. The lowest BCUT2D eigenvalue weighted by Gasteiger charge is -2.08. The van der Waals surface area contributed by atoms with Crippen LogP contribution in [0, 0.1) is 17.2 Å². The molecule has 0 aliphatic carbocycles. The standard InChI is InChI=1S/C14H19N5O2/c1-10(8-15)6-4-5-7-19-13(20)11-12(16-9-17(11)2)18(3)14(19)21/h9-10H,4-7H2,1-3H3/t10-/m0/s1. The molecule has 2 rings (SSSR count). The van der Waals surface area contributed by atoms with Gasteiger partial charge in [-0.3, -0.25) is 13.9 Å². The van der Waals surface area contributed by atoms with Crippen LogP contribution < -0.4 is 11.2 Å². The van der Waals surface area contributed by atoms with Gasteiger partial charge in [0.2, 0.25) is 0 Å². The number of aromatic nitrogens is 4. The maximum atomic E-state index is 12.4. The highest BCUT2D eigenvalue weighted by atomic mass is 16.2. The summed E-state index contributed by atoms with van der Waals surface area (Å²) in [6.45, 7) is 2.23. The fraction of sp³-hybridized carbons (Fsp3) is 0.571. The minimum absolute atomic E-state index is 0.00380. The van der Waals surface area contributed by atoms with E-state index in [2.05, 4.69) is 11.1 Å². The summed E-state index contributed by atoms with van der Waals surface area (Å²) in [5.41, 5.74) is 0.185. The second kappa shape index (κ2) is 5.95. The van der Waals surface area contributed by atoms with Gasteiger partial charge in [-0.05, 0) is 19.8 Å². The SMILES string of the molecule is C[C@H](C#N)CCCCn1c(=O)c2c(ncn2C)n(C)c1=O. The number of hydrogen-bond donors (Lipinski definition) is 0. The number of hydrogen-bond acceptors (Lipinski definition) is 4. The number of unbranched alkanes of at least 4 members (excludes halogenated alkanes) is 1. The lowest BCUT2D eigenvalue weighted by atomic mass is 10.1.